The number of thioether (sulfide) groups is 1. The van der Waals surface area contributed by atoms with Crippen LogP contribution >= 0.6 is 23.4 Å². The van der Waals surface area contributed by atoms with Crippen molar-refractivity contribution in [3.8, 4) is 0 Å². The molecule has 2 N–H and O–H groups in total. The van der Waals surface area contributed by atoms with Crippen LogP contribution in [-0.2, 0) is 4.79 Å². The summed E-state index contributed by atoms with van der Waals surface area (Å²) in [6.07, 6.45) is 0.842. The fraction of sp³-hybridized carbons (Fsp3) is 0.400. The number of nitrogens with one attached hydrogen (secondary N) is 2. The van der Waals surface area contributed by atoms with Gasteiger partial charge in [0.15, 0.2) is 0 Å². The molecule has 0 bridgehead atoms. The van der Waals surface area contributed by atoms with Crippen LogP contribution < -0.4 is 15.5 Å². The molecule has 3 amide bonds. The topological polar surface area (TPSA) is 81.8 Å². The normalized spacial score (nSPS) is 10.8. The average molecular weight is 505 g/mol. The summed E-state index contributed by atoms with van der Waals surface area (Å²) in [5, 5.41) is 5.59. The van der Waals surface area contributed by atoms with Crippen molar-refractivity contribution in [3.63, 3.8) is 0 Å². The van der Waals surface area contributed by atoms with Crippen LogP contribution in [0.2, 0.25) is 5.02 Å². The highest BCUT2D eigenvalue weighted by atomic mass is 35.5. The zero-order valence-corrected chi connectivity index (χ0v) is 22.2. The minimum atomic E-state index is -0.355. The fourth-order valence-corrected chi connectivity index (χ4v) is 4.50. The van der Waals surface area contributed by atoms with Crippen molar-refractivity contribution in [2.75, 3.05) is 50.2 Å². The Balaban J connectivity index is 1.90. The molecule has 0 aliphatic rings. The summed E-state index contributed by atoms with van der Waals surface area (Å²) in [5.74, 6) is -0.631. The van der Waals surface area contributed by atoms with Gasteiger partial charge in [-0.3, -0.25) is 14.4 Å². The van der Waals surface area contributed by atoms with Crippen LogP contribution in [0.4, 0.5) is 16.2 Å². The first-order chi connectivity index (χ1) is 16.0. The van der Waals surface area contributed by atoms with Gasteiger partial charge in [0.25, 0.3) is 11.1 Å². The molecule has 184 valence electrons. The van der Waals surface area contributed by atoms with Crippen molar-refractivity contribution in [1.82, 2.24) is 10.2 Å². The lowest BCUT2D eigenvalue weighted by Crippen LogP contribution is -2.27. The molecule has 0 saturated carbocycles. The van der Waals surface area contributed by atoms with Crippen molar-refractivity contribution in [1.29, 1.82) is 0 Å². The highest BCUT2D eigenvalue weighted by molar-refractivity contribution is 8.14. The molecule has 0 saturated heterocycles. The van der Waals surface area contributed by atoms with E-state index in [-0.39, 0.29) is 27.8 Å². The van der Waals surface area contributed by atoms with Crippen LogP contribution in [0.1, 0.15) is 33.5 Å². The smallest absolute Gasteiger partial charge is 0.286 e. The minimum Gasteiger partial charge on any atom is -0.352 e. The molecule has 0 spiro atoms. The van der Waals surface area contributed by atoms with E-state index < -0.39 is 0 Å². The maximum absolute atomic E-state index is 12.7. The highest BCUT2D eigenvalue weighted by Crippen LogP contribution is 2.28. The molecular formula is C25H33ClN4O3S. The van der Waals surface area contributed by atoms with Gasteiger partial charge >= 0.3 is 0 Å². The van der Waals surface area contributed by atoms with Crippen LogP contribution in [0.25, 0.3) is 0 Å². The maximum Gasteiger partial charge on any atom is 0.286 e. The molecule has 0 aliphatic heterocycles. The third-order valence-corrected chi connectivity index (χ3v) is 6.38. The second-order valence-electron chi connectivity index (χ2n) is 8.52. The molecule has 7 nitrogen and oxygen atoms in total. The molecule has 0 radical (unpaired) electrons. The van der Waals surface area contributed by atoms with Gasteiger partial charge in [-0.25, -0.2) is 0 Å². The quantitative estimate of drug-likeness (QED) is 0.476. The van der Waals surface area contributed by atoms with Gasteiger partial charge in [-0.15, -0.1) is 0 Å². The van der Waals surface area contributed by atoms with Crippen LogP contribution in [0, 0.1) is 20.8 Å². The highest BCUT2D eigenvalue weighted by Gasteiger charge is 2.18. The first-order valence-electron chi connectivity index (χ1n) is 11.0. The van der Waals surface area contributed by atoms with Crippen LogP contribution in [-0.4, -0.2) is 61.9 Å². The van der Waals surface area contributed by atoms with Gasteiger partial charge in [0.1, 0.15) is 0 Å². The second kappa shape index (κ2) is 12.8. The fourth-order valence-electron chi connectivity index (χ4n) is 3.66. The minimum absolute atomic E-state index is 0.0580. The molecule has 0 unspecified atom stereocenters. The van der Waals surface area contributed by atoms with Crippen LogP contribution in [0.3, 0.4) is 0 Å². The zero-order valence-electron chi connectivity index (χ0n) is 20.6. The lowest BCUT2D eigenvalue weighted by atomic mass is 10.0. The summed E-state index contributed by atoms with van der Waals surface area (Å²) in [6, 6.07) is 8.77. The molecule has 0 atom stereocenters. The summed E-state index contributed by atoms with van der Waals surface area (Å²) in [5.41, 5.74) is 4.81. The third-order valence-electron chi connectivity index (χ3n) is 5.14. The first kappa shape index (κ1) is 27.7. The van der Waals surface area contributed by atoms with Crippen molar-refractivity contribution in [3.05, 3.63) is 57.6 Å². The van der Waals surface area contributed by atoms with Crippen molar-refractivity contribution < 1.29 is 14.4 Å². The number of rotatable bonds is 9. The number of aryl methyl sites for hydroxylation is 3. The predicted octanol–water partition coefficient (Wildman–Crippen LogP) is 4.87. The molecule has 34 heavy (non-hydrogen) atoms. The molecule has 0 aliphatic carbocycles. The molecule has 0 aromatic heterocycles. The van der Waals surface area contributed by atoms with Gasteiger partial charge in [0, 0.05) is 24.8 Å². The Morgan fingerprint density at radius 3 is 2.24 bits per heavy atom. The Labute approximate surface area is 211 Å². The molecule has 2 rings (SSSR count). The lowest BCUT2D eigenvalue weighted by Gasteiger charge is -2.22. The monoisotopic (exact) mass is 504 g/mol. The Hall–Kier alpha value is -2.55. The third kappa shape index (κ3) is 8.04. The van der Waals surface area contributed by atoms with E-state index in [2.05, 4.69) is 15.5 Å². The van der Waals surface area contributed by atoms with E-state index in [9.17, 15) is 14.4 Å². The van der Waals surface area contributed by atoms with Gasteiger partial charge < -0.3 is 20.4 Å². The molecule has 9 heteroatoms. The van der Waals surface area contributed by atoms with E-state index in [4.69, 9.17) is 11.6 Å². The Morgan fingerprint density at radius 1 is 1.00 bits per heavy atom. The summed E-state index contributed by atoms with van der Waals surface area (Å²) < 4.78 is 0. The van der Waals surface area contributed by atoms with Crippen LogP contribution in [0.5, 0.6) is 0 Å². The van der Waals surface area contributed by atoms with E-state index in [0.717, 1.165) is 47.1 Å². The summed E-state index contributed by atoms with van der Waals surface area (Å²) in [7, 11) is 5.67. The summed E-state index contributed by atoms with van der Waals surface area (Å²) in [6.45, 7) is 7.39. The number of halogens is 1. The number of amides is 3. The number of nitrogens with zero attached hydrogens (tertiary/aromatic N) is 2. The molecule has 0 fully saturated rings. The zero-order chi connectivity index (χ0) is 25.4. The van der Waals surface area contributed by atoms with E-state index in [1.807, 2.05) is 47.0 Å². The van der Waals surface area contributed by atoms with Gasteiger partial charge in [-0.2, -0.15) is 0 Å². The largest absolute Gasteiger partial charge is 0.352 e. The van der Waals surface area contributed by atoms with Gasteiger partial charge in [0.2, 0.25) is 5.91 Å². The second-order valence-corrected chi connectivity index (χ2v) is 9.85. The number of benzene rings is 2. The van der Waals surface area contributed by atoms with E-state index in [1.54, 1.807) is 24.1 Å². The number of hydrogen-bond acceptors (Lipinski definition) is 5. The van der Waals surface area contributed by atoms with E-state index in [0.29, 0.717) is 17.8 Å². The standard InChI is InChI=1S/C25H33ClN4O3S/c1-16-12-17(2)23(18(3)13-16)30(6)25(33)34-15-22(31)28-21-9-8-19(14-20(21)26)24(32)27-10-7-11-29(4)5/h8-9,12-14H,7,10-11,15H2,1-6H3,(H,27,32)(H,28,31). The number of hydrogen-bond donors (Lipinski definition) is 2. The van der Waals surface area contributed by atoms with Gasteiger partial charge in [-0.05, 0) is 77.2 Å². The number of anilines is 2. The lowest BCUT2D eigenvalue weighted by molar-refractivity contribution is -0.113. The molecule has 2 aromatic carbocycles. The van der Waals surface area contributed by atoms with Crippen LogP contribution in [0.15, 0.2) is 30.3 Å². The van der Waals surface area contributed by atoms with E-state index >= 15 is 0 Å². The molecular weight excluding hydrogens is 472 g/mol. The molecule has 2 aromatic rings. The average Bonchev–Trinajstić information content (AvgIpc) is 2.75. The number of carbonyl (C=O) groups is 3. The summed E-state index contributed by atoms with van der Waals surface area (Å²) >= 11 is 7.20. The predicted molar refractivity (Wildman–Crippen MR) is 142 cm³/mol. The van der Waals surface area contributed by atoms with Crippen molar-refractivity contribution in [2.24, 2.45) is 0 Å². The van der Waals surface area contributed by atoms with Crippen molar-refractivity contribution in [2.45, 2.75) is 27.2 Å². The van der Waals surface area contributed by atoms with E-state index in [1.165, 1.54) is 6.07 Å². The first-order valence-corrected chi connectivity index (χ1v) is 12.4. The van der Waals surface area contributed by atoms with Gasteiger partial charge in [0.05, 0.1) is 16.5 Å². The SMILES string of the molecule is Cc1cc(C)c(N(C)C(=O)SCC(=O)Nc2ccc(C(=O)NCCCN(C)C)cc2Cl)c(C)c1. The summed E-state index contributed by atoms with van der Waals surface area (Å²) in [4.78, 5) is 41.0. The van der Waals surface area contributed by atoms with Gasteiger partial charge in [-0.1, -0.05) is 41.1 Å². The van der Waals surface area contributed by atoms with Crippen molar-refractivity contribution >= 4 is 51.8 Å². The Bertz CT molecular complexity index is 1040. The Kier molecular flexibility index (Phi) is 10.4. The molecule has 0 heterocycles. The number of carbonyl (C=O) groups excluding carboxylic acids is 3. The maximum atomic E-state index is 12.7. The Morgan fingerprint density at radius 2 is 1.65 bits per heavy atom.